The molecule has 2 aromatic carbocycles. The first-order valence-electron chi connectivity index (χ1n) is 12.2. The van der Waals surface area contributed by atoms with E-state index in [-0.39, 0.29) is 24.0 Å². The summed E-state index contributed by atoms with van der Waals surface area (Å²) >= 11 is 1.77. The van der Waals surface area contributed by atoms with E-state index in [1.54, 1.807) is 54.2 Å². The second-order valence-electron chi connectivity index (χ2n) is 9.10. The highest BCUT2D eigenvalue weighted by atomic mass is 32.2. The summed E-state index contributed by atoms with van der Waals surface area (Å²) in [4.78, 5) is 19.1. The van der Waals surface area contributed by atoms with Crippen LogP contribution in [0.1, 0.15) is 34.3 Å². The van der Waals surface area contributed by atoms with E-state index in [0.29, 0.717) is 17.0 Å². The molecule has 0 unspecified atom stereocenters. The van der Waals surface area contributed by atoms with E-state index < -0.39 is 15.9 Å². The number of likely N-dealkylation sites (tertiary alicyclic amines) is 1. The number of thioether (sulfide) groups is 1. The van der Waals surface area contributed by atoms with Gasteiger partial charge >= 0.3 is 0 Å². The van der Waals surface area contributed by atoms with Crippen molar-refractivity contribution in [1.82, 2.24) is 4.90 Å². The number of hydrogen-bond acceptors (Lipinski definition) is 8. The molecule has 0 atom stereocenters. The van der Waals surface area contributed by atoms with Gasteiger partial charge in [-0.2, -0.15) is 0 Å². The Bertz CT molecular complexity index is 1370. The second kappa shape index (κ2) is 11.9. The molecule has 0 bridgehead atoms. The monoisotopic (exact) mass is 556 g/mol. The molecule has 1 saturated heterocycles. The molecule has 2 aliphatic rings. The van der Waals surface area contributed by atoms with Gasteiger partial charge in [0, 0.05) is 37.2 Å². The van der Waals surface area contributed by atoms with Crippen molar-refractivity contribution >= 4 is 50.5 Å². The standard InChI is InChI=1S/C26H32N6O4S2/c1-38(34,35)32(12-3-5-18-4-2-6-19(16-18)24(27)28)20-7-8-23(22(17-20)25(29)33)36-21-9-13-31(14-10-21)26-30-11-15-37-26/h2-8,16-17,21H,9-15H2,1H3,(H3,27,28)(H2,29,33)/b5-3+. The van der Waals surface area contributed by atoms with Gasteiger partial charge in [-0.25, -0.2) is 8.42 Å². The number of amidine groups is 2. The first kappa shape index (κ1) is 27.5. The van der Waals surface area contributed by atoms with Gasteiger partial charge in [-0.05, 0) is 29.8 Å². The van der Waals surface area contributed by atoms with E-state index in [9.17, 15) is 13.2 Å². The molecule has 0 radical (unpaired) electrons. The molecule has 2 aliphatic heterocycles. The average Bonchev–Trinajstić information content (AvgIpc) is 3.42. The molecule has 202 valence electrons. The Kier molecular flexibility index (Phi) is 8.62. The number of sulfonamides is 1. The molecule has 0 aliphatic carbocycles. The molecule has 2 aromatic rings. The zero-order chi connectivity index (χ0) is 27.3. The van der Waals surface area contributed by atoms with Crippen LogP contribution in [0.15, 0.2) is 53.5 Å². The third kappa shape index (κ3) is 6.87. The Balaban J connectivity index is 1.48. The first-order valence-corrected chi connectivity index (χ1v) is 15.1. The van der Waals surface area contributed by atoms with E-state index in [1.165, 1.54) is 10.4 Å². The third-order valence-electron chi connectivity index (χ3n) is 6.27. The molecule has 1 fully saturated rings. The Morgan fingerprint density at radius 2 is 2.00 bits per heavy atom. The summed E-state index contributed by atoms with van der Waals surface area (Å²) in [5.41, 5.74) is 13.0. The summed E-state index contributed by atoms with van der Waals surface area (Å²) in [7, 11) is -3.67. The smallest absolute Gasteiger partial charge is 0.252 e. The number of benzene rings is 2. The minimum atomic E-state index is -3.67. The van der Waals surface area contributed by atoms with Crippen molar-refractivity contribution in [2.24, 2.45) is 16.5 Å². The Hall–Kier alpha value is -3.51. The summed E-state index contributed by atoms with van der Waals surface area (Å²) in [5.74, 6) is 0.624. The van der Waals surface area contributed by atoms with E-state index in [4.69, 9.17) is 21.6 Å². The van der Waals surface area contributed by atoms with Crippen LogP contribution in [0.2, 0.25) is 0 Å². The van der Waals surface area contributed by atoms with Gasteiger partial charge in [0.05, 0.1) is 30.6 Å². The van der Waals surface area contributed by atoms with E-state index in [0.717, 1.165) is 55.2 Å². The molecule has 10 nitrogen and oxygen atoms in total. The van der Waals surface area contributed by atoms with Gasteiger partial charge in [-0.15, -0.1) is 0 Å². The number of nitrogens with one attached hydrogen (secondary N) is 1. The minimum absolute atomic E-state index is 0.0297. The molecule has 0 saturated carbocycles. The van der Waals surface area contributed by atoms with Gasteiger partial charge in [0.25, 0.3) is 5.91 Å². The number of rotatable bonds is 9. The van der Waals surface area contributed by atoms with Crippen LogP contribution in [0.5, 0.6) is 5.75 Å². The fourth-order valence-electron chi connectivity index (χ4n) is 4.35. The van der Waals surface area contributed by atoms with E-state index in [2.05, 4.69) is 9.89 Å². The lowest BCUT2D eigenvalue weighted by Crippen LogP contribution is -2.40. The number of ether oxygens (including phenoxy) is 1. The first-order chi connectivity index (χ1) is 18.1. The summed E-state index contributed by atoms with van der Waals surface area (Å²) in [5, 5.41) is 8.67. The van der Waals surface area contributed by atoms with Gasteiger partial charge in [0.15, 0.2) is 5.17 Å². The van der Waals surface area contributed by atoms with Gasteiger partial charge in [-0.3, -0.25) is 19.5 Å². The molecular formula is C26H32N6O4S2. The number of amides is 1. The highest BCUT2D eigenvalue weighted by Gasteiger charge is 2.26. The number of nitrogen functional groups attached to an aromatic ring is 1. The van der Waals surface area contributed by atoms with Gasteiger partial charge < -0.3 is 21.1 Å². The van der Waals surface area contributed by atoms with Crippen molar-refractivity contribution in [3.63, 3.8) is 0 Å². The highest BCUT2D eigenvalue weighted by molar-refractivity contribution is 8.14. The predicted molar refractivity (Wildman–Crippen MR) is 154 cm³/mol. The van der Waals surface area contributed by atoms with Crippen LogP contribution in [0.3, 0.4) is 0 Å². The van der Waals surface area contributed by atoms with Crippen LogP contribution in [-0.4, -0.2) is 74.5 Å². The third-order valence-corrected chi connectivity index (χ3v) is 8.46. The zero-order valence-electron chi connectivity index (χ0n) is 21.2. The van der Waals surface area contributed by atoms with Crippen molar-refractivity contribution in [3.05, 3.63) is 65.2 Å². The number of carbonyl (C=O) groups is 1. The Morgan fingerprint density at radius 1 is 1.24 bits per heavy atom. The molecule has 0 aromatic heterocycles. The summed E-state index contributed by atoms with van der Waals surface area (Å²) in [6.45, 7) is 2.54. The number of anilines is 1. The number of nitrogens with zero attached hydrogens (tertiary/aromatic N) is 3. The number of aliphatic imine (C=N–C) groups is 1. The maximum atomic E-state index is 12.6. The van der Waals surface area contributed by atoms with Gasteiger partial charge in [0.2, 0.25) is 10.0 Å². The highest BCUT2D eigenvalue weighted by Crippen LogP contribution is 2.29. The maximum absolute atomic E-state index is 12.6. The molecular weight excluding hydrogens is 524 g/mol. The maximum Gasteiger partial charge on any atom is 0.252 e. The van der Waals surface area contributed by atoms with Crippen LogP contribution >= 0.6 is 11.8 Å². The van der Waals surface area contributed by atoms with Crippen LogP contribution < -0.4 is 20.5 Å². The summed E-state index contributed by atoms with van der Waals surface area (Å²) < 4.78 is 32.6. The van der Waals surface area contributed by atoms with E-state index in [1.807, 2.05) is 6.07 Å². The number of primary amides is 1. The van der Waals surface area contributed by atoms with Crippen molar-refractivity contribution in [2.45, 2.75) is 18.9 Å². The molecule has 38 heavy (non-hydrogen) atoms. The number of carbonyl (C=O) groups excluding carboxylic acids is 1. The van der Waals surface area contributed by atoms with Crippen molar-refractivity contribution in [2.75, 3.05) is 42.5 Å². The van der Waals surface area contributed by atoms with Gasteiger partial charge in [0.1, 0.15) is 17.7 Å². The molecule has 5 N–H and O–H groups in total. The fraction of sp³-hybridized carbons (Fsp3) is 0.346. The average molecular weight is 557 g/mol. The summed E-state index contributed by atoms with van der Waals surface area (Å²) in [6.07, 6.45) is 6.03. The van der Waals surface area contributed by atoms with Crippen LogP contribution in [0.4, 0.5) is 5.69 Å². The van der Waals surface area contributed by atoms with Crippen molar-refractivity contribution in [1.29, 1.82) is 5.41 Å². The summed E-state index contributed by atoms with van der Waals surface area (Å²) in [6, 6.07) is 11.8. The number of nitrogens with two attached hydrogens (primary N) is 2. The molecule has 0 spiro atoms. The number of piperidine rings is 1. The predicted octanol–water partition coefficient (Wildman–Crippen LogP) is 2.49. The zero-order valence-corrected chi connectivity index (χ0v) is 22.8. The largest absolute Gasteiger partial charge is 0.489 e. The molecule has 2 heterocycles. The SMILES string of the molecule is CS(=O)(=O)N(C/C=C/c1cccc(C(=N)N)c1)c1ccc(OC2CCN(C3=NCCS3)CC2)c(C(N)=O)c1. The van der Waals surface area contributed by atoms with Crippen LogP contribution in [-0.2, 0) is 10.0 Å². The number of hydrogen-bond donors (Lipinski definition) is 3. The van der Waals surface area contributed by atoms with Crippen molar-refractivity contribution < 1.29 is 17.9 Å². The lowest BCUT2D eigenvalue weighted by molar-refractivity contribution is 0.0983. The Morgan fingerprint density at radius 3 is 2.63 bits per heavy atom. The lowest BCUT2D eigenvalue weighted by atomic mass is 10.1. The molecule has 12 heteroatoms. The normalized spacial score (nSPS) is 16.4. The Labute approximate surface area is 227 Å². The molecule has 1 amide bonds. The van der Waals surface area contributed by atoms with E-state index >= 15 is 0 Å². The lowest BCUT2D eigenvalue weighted by Gasteiger charge is -2.33. The van der Waals surface area contributed by atoms with Gasteiger partial charge in [-0.1, -0.05) is 42.1 Å². The topological polar surface area (TPSA) is 155 Å². The van der Waals surface area contributed by atoms with Crippen LogP contribution in [0.25, 0.3) is 6.08 Å². The quantitative estimate of drug-likeness (QED) is 0.317. The van der Waals surface area contributed by atoms with Crippen molar-refractivity contribution in [3.8, 4) is 5.75 Å². The second-order valence-corrected chi connectivity index (χ2v) is 12.1. The fourth-order valence-corrected chi connectivity index (χ4v) is 6.12. The minimum Gasteiger partial charge on any atom is -0.489 e. The molecule has 4 rings (SSSR count). The van der Waals surface area contributed by atoms with Crippen LogP contribution in [0, 0.1) is 5.41 Å².